The van der Waals surface area contributed by atoms with Gasteiger partial charge in [-0.15, -0.1) is 0 Å². The van der Waals surface area contributed by atoms with Gasteiger partial charge in [-0.05, 0) is 50.2 Å². The quantitative estimate of drug-likeness (QED) is 0.532. The first kappa shape index (κ1) is 14.4. The molecule has 0 N–H and O–H groups in total. The Morgan fingerprint density at radius 2 is 1.83 bits per heavy atom. The smallest absolute Gasteiger partial charge is 0.230 e. The van der Waals surface area contributed by atoms with E-state index >= 15 is 0 Å². The van der Waals surface area contributed by atoms with Crippen molar-refractivity contribution in [1.82, 2.24) is 14.6 Å². The van der Waals surface area contributed by atoms with Crippen molar-refractivity contribution in [2.24, 2.45) is 0 Å². The molecule has 4 rings (SSSR count). The summed E-state index contributed by atoms with van der Waals surface area (Å²) in [6, 6.07) is 16.8. The second-order valence-electron chi connectivity index (χ2n) is 5.67. The SMILES string of the molecule is CC(=O)c1ccc(Oc2nc3cc(C)nn3c3ccccc23)cc1. The minimum Gasteiger partial charge on any atom is -0.438 e. The number of hydrogen-bond acceptors (Lipinski definition) is 4. The third-order valence-electron chi connectivity index (χ3n) is 3.87. The second kappa shape index (κ2) is 5.45. The molecule has 5 heteroatoms. The van der Waals surface area contributed by atoms with Crippen molar-refractivity contribution < 1.29 is 9.53 Å². The van der Waals surface area contributed by atoms with Gasteiger partial charge < -0.3 is 4.74 Å². The highest BCUT2D eigenvalue weighted by atomic mass is 16.5. The van der Waals surface area contributed by atoms with Gasteiger partial charge in [0.05, 0.1) is 16.6 Å². The molecule has 0 saturated carbocycles. The van der Waals surface area contributed by atoms with Gasteiger partial charge in [-0.1, -0.05) is 12.1 Å². The van der Waals surface area contributed by atoms with Crippen LogP contribution in [0.15, 0.2) is 54.6 Å². The normalized spacial score (nSPS) is 11.1. The summed E-state index contributed by atoms with van der Waals surface area (Å²) in [5.41, 5.74) is 3.23. The zero-order valence-electron chi connectivity index (χ0n) is 13.4. The van der Waals surface area contributed by atoms with Crippen LogP contribution in [0.25, 0.3) is 16.6 Å². The van der Waals surface area contributed by atoms with Gasteiger partial charge in [0.15, 0.2) is 11.4 Å². The molecule has 0 fully saturated rings. The number of benzene rings is 2. The van der Waals surface area contributed by atoms with Crippen LogP contribution in [0.1, 0.15) is 23.0 Å². The van der Waals surface area contributed by atoms with Gasteiger partial charge in [0.1, 0.15) is 5.75 Å². The summed E-state index contributed by atoms with van der Waals surface area (Å²) in [5, 5.41) is 5.36. The number of carbonyl (C=O) groups is 1. The van der Waals surface area contributed by atoms with E-state index in [1.54, 1.807) is 31.2 Å². The van der Waals surface area contributed by atoms with Crippen LogP contribution in [0.2, 0.25) is 0 Å². The van der Waals surface area contributed by atoms with Gasteiger partial charge >= 0.3 is 0 Å². The number of hydrogen-bond donors (Lipinski definition) is 0. The van der Waals surface area contributed by atoms with Crippen molar-refractivity contribution in [3.63, 3.8) is 0 Å². The van der Waals surface area contributed by atoms with Crippen LogP contribution in [0.4, 0.5) is 0 Å². The molecule has 0 bridgehead atoms. The first-order valence-electron chi connectivity index (χ1n) is 7.66. The van der Waals surface area contributed by atoms with Crippen LogP contribution >= 0.6 is 0 Å². The summed E-state index contributed by atoms with van der Waals surface area (Å²) >= 11 is 0. The zero-order valence-corrected chi connectivity index (χ0v) is 13.4. The molecule has 5 nitrogen and oxygen atoms in total. The predicted octanol–water partition coefficient (Wildman–Crippen LogP) is 4.19. The van der Waals surface area contributed by atoms with E-state index in [2.05, 4.69) is 10.1 Å². The Balaban J connectivity index is 1.84. The molecular weight excluding hydrogens is 302 g/mol. The highest BCUT2D eigenvalue weighted by Gasteiger charge is 2.12. The van der Waals surface area contributed by atoms with E-state index in [4.69, 9.17) is 4.74 Å². The predicted molar refractivity (Wildman–Crippen MR) is 91.8 cm³/mol. The summed E-state index contributed by atoms with van der Waals surface area (Å²) in [6.07, 6.45) is 0. The largest absolute Gasteiger partial charge is 0.438 e. The van der Waals surface area contributed by atoms with E-state index in [9.17, 15) is 4.79 Å². The number of fused-ring (bicyclic) bond motifs is 3. The molecule has 0 saturated heterocycles. The maximum Gasteiger partial charge on any atom is 0.230 e. The van der Waals surface area contributed by atoms with Crippen molar-refractivity contribution in [3.8, 4) is 11.6 Å². The fraction of sp³-hybridized carbons (Fsp3) is 0.105. The number of aryl methyl sites for hydroxylation is 1. The van der Waals surface area contributed by atoms with Crippen LogP contribution in [0, 0.1) is 6.92 Å². The molecule has 0 atom stereocenters. The van der Waals surface area contributed by atoms with Gasteiger partial charge in [0.25, 0.3) is 0 Å². The number of nitrogens with zero attached hydrogens (tertiary/aromatic N) is 3. The number of rotatable bonds is 3. The molecule has 0 aliphatic rings. The van der Waals surface area contributed by atoms with Crippen molar-refractivity contribution in [3.05, 3.63) is 65.9 Å². The molecule has 4 aromatic rings. The summed E-state index contributed by atoms with van der Waals surface area (Å²) in [4.78, 5) is 16.0. The molecule has 118 valence electrons. The Morgan fingerprint density at radius 1 is 1.08 bits per heavy atom. The van der Waals surface area contributed by atoms with E-state index < -0.39 is 0 Å². The van der Waals surface area contributed by atoms with Crippen LogP contribution in [0.3, 0.4) is 0 Å². The lowest BCUT2D eigenvalue weighted by Gasteiger charge is -2.09. The van der Waals surface area contributed by atoms with E-state index in [0.29, 0.717) is 17.2 Å². The van der Waals surface area contributed by atoms with Gasteiger partial charge in [-0.3, -0.25) is 4.79 Å². The molecule has 0 amide bonds. The number of ketones is 1. The molecule has 2 aromatic carbocycles. The third kappa shape index (κ3) is 2.40. The topological polar surface area (TPSA) is 56.5 Å². The fourth-order valence-electron chi connectivity index (χ4n) is 2.69. The lowest BCUT2D eigenvalue weighted by molar-refractivity contribution is 0.101. The maximum absolute atomic E-state index is 11.4. The lowest BCUT2D eigenvalue weighted by atomic mass is 10.1. The van der Waals surface area contributed by atoms with Gasteiger partial charge in [-0.2, -0.15) is 10.1 Å². The number of para-hydroxylation sites is 1. The highest BCUT2D eigenvalue weighted by Crippen LogP contribution is 2.29. The number of aromatic nitrogens is 3. The minimum atomic E-state index is 0.0290. The monoisotopic (exact) mass is 317 g/mol. The van der Waals surface area contributed by atoms with Crippen LogP contribution < -0.4 is 4.74 Å². The minimum absolute atomic E-state index is 0.0290. The molecule has 0 aliphatic heterocycles. The Hall–Kier alpha value is -3.21. The van der Waals surface area contributed by atoms with E-state index in [1.807, 2.05) is 41.8 Å². The Labute approximate surface area is 138 Å². The standard InChI is InChI=1S/C19H15N3O2/c1-12-11-18-20-19(16-5-3-4-6-17(16)22(18)21-12)24-15-9-7-14(8-10-15)13(2)23/h3-11H,1-2H3. The van der Waals surface area contributed by atoms with E-state index in [0.717, 1.165) is 22.2 Å². The molecular formula is C19H15N3O2. The zero-order chi connectivity index (χ0) is 16.7. The van der Waals surface area contributed by atoms with Gasteiger partial charge in [0.2, 0.25) is 5.88 Å². The van der Waals surface area contributed by atoms with Crippen LogP contribution in [-0.4, -0.2) is 20.4 Å². The van der Waals surface area contributed by atoms with E-state index in [-0.39, 0.29) is 5.78 Å². The molecule has 0 spiro atoms. The molecule has 0 unspecified atom stereocenters. The average molecular weight is 317 g/mol. The van der Waals surface area contributed by atoms with E-state index in [1.165, 1.54) is 0 Å². The van der Waals surface area contributed by atoms with Crippen molar-refractivity contribution in [2.45, 2.75) is 13.8 Å². The Morgan fingerprint density at radius 3 is 2.58 bits per heavy atom. The summed E-state index contributed by atoms with van der Waals surface area (Å²) in [5.74, 6) is 1.19. The first-order valence-corrected chi connectivity index (χ1v) is 7.66. The van der Waals surface area contributed by atoms with Crippen molar-refractivity contribution in [2.75, 3.05) is 0 Å². The number of ether oxygens (including phenoxy) is 1. The summed E-state index contributed by atoms with van der Waals surface area (Å²) < 4.78 is 7.80. The van der Waals surface area contributed by atoms with Gasteiger partial charge in [0, 0.05) is 11.6 Å². The summed E-state index contributed by atoms with van der Waals surface area (Å²) in [7, 11) is 0. The molecule has 0 radical (unpaired) electrons. The summed E-state index contributed by atoms with van der Waals surface area (Å²) in [6.45, 7) is 3.48. The van der Waals surface area contributed by atoms with Crippen molar-refractivity contribution >= 4 is 22.3 Å². The van der Waals surface area contributed by atoms with Gasteiger partial charge in [-0.25, -0.2) is 4.52 Å². The average Bonchev–Trinajstić information content (AvgIpc) is 2.96. The Kier molecular flexibility index (Phi) is 3.27. The third-order valence-corrected chi connectivity index (χ3v) is 3.87. The number of carbonyl (C=O) groups excluding carboxylic acids is 1. The molecule has 0 aliphatic carbocycles. The molecule has 2 heterocycles. The molecule has 2 aromatic heterocycles. The molecule has 24 heavy (non-hydrogen) atoms. The highest BCUT2D eigenvalue weighted by molar-refractivity contribution is 5.94. The first-order chi connectivity index (χ1) is 11.6. The lowest BCUT2D eigenvalue weighted by Crippen LogP contribution is -1.97. The maximum atomic E-state index is 11.4. The van der Waals surface area contributed by atoms with Crippen LogP contribution in [0.5, 0.6) is 11.6 Å². The second-order valence-corrected chi connectivity index (χ2v) is 5.67. The van der Waals surface area contributed by atoms with Crippen LogP contribution in [-0.2, 0) is 0 Å². The van der Waals surface area contributed by atoms with Crippen molar-refractivity contribution in [1.29, 1.82) is 0 Å². The number of Topliss-reactive ketones (excluding diaryl/α,β-unsaturated/α-hetero) is 1. The fourth-order valence-corrected chi connectivity index (χ4v) is 2.69. The Bertz CT molecular complexity index is 1070.